The lowest BCUT2D eigenvalue weighted by Crippen LogP contribution is -2.32. The number of ether oxygens (including phenoxy) is 1. The number of fused-ring (bicyclic) bond motifs is 2. The largest absolute Gasteiger partial charge is 0.381 e. The minimum atomic E-state index is 0.112. The minimum absolute atomic E-state index is 0.112. The average Bonchev–Trinajstić information content (AvgIpc) is 2.70. The molecule has 4 heteroatoms. The van der Waals surface area contributed by atoms with E-state index in [1.807, 2.05) is 0 Å². The lowest BCUT2D eigenvalue weighted by Gasteiger charge is -2.33. The second-order valence-electron chi connectivity index (χ2n) is 4.21. The maximum absolute atomic E-state index is 11.3. The molecular formula is C10H13NO2S. The number of nitrogens with one attached hydrogen (secondary N) is 1. The summed E-state index contributed by atoms with van der Waals surface area (Å²) in [6.07, 6.45) is 4.44. The van der Waals surface area contributed by atoms with E-state index in [4.69, 9.17) is 4.74 Å². The van der Waals surface area contributed by atoms with Gasteiger partial charge < -0.3 is 9.72 Å². The molecule has 14 heavy (non-hydrogen) atoms. The second kappa shape index (κ2) is 2.94. The minimum Gasteiger partial charge on any atom is -0.381 e. The molecule has 3 rings (SSSR count). The molecule has 0 saturated carbocycles. The van der Waals surface area contributed by atoms with E-state index in [1.165, 1.54) is 28.3 Å². The van der Waals surface area contributed by atoms with Gasteiger partial charge in [0.2, 0.25) is 0 Å². The van der Waals surface area contributed by atoms with Crippen LogP contribution in [0.25, 0.3) is 0 Å². The molecule has 0 amide bonds. The normalized spacial score (nSPS) is 24.0. The number of thiazole rings is 1. The van der Waals surface area contributed by atoms with Crippen LogP contribution in [0.5, 0.6) is 0 Å². The Kier molecular flexibility index (Phi) is 1.82. The Bertz CT molecular complexity index is 400. The van der Waals surface area contributed by atoms with E-state index in [9.17, 15) is 4.79 Å². The van der Waals surface area contributed by atoms with Crippen molar-refractivity contribution in [2.75, 3.05) is 13.2 Å². The fourth-order valence-corrected chi connectivity index (χ4v) is 3.66. The number of H-pyrrole nitrogens is 1. The lowest BCUT2D eigenvalue weighted by molar-refractivity contribution is 0.0493. The fraction of sp³-hybridized carbons (Fsp3) is 0.700. The van der Waals surface area contributed by atoms with Crippen molar-refractivity contribution >= 4 is 11.3 Å². The predicted octanol–water partition coefficient (Wildman–Crippen LogP) is 1.43. The van der Waals surface area contributed by atoms with Gasteiger partial charge in [-0.25, -0.2) is 0 Å². The van der Waals surface area contributed by atoms with Crippen LogP contribution in [0.3, 0.4) is 0 Å². The molecule has 0 radical (unpaired) electrons. The quantitative estimate of drug-likeness (QED) is 0.705. The molecule has 0 aromatic carbocycles. The molecule has 1 fully saturated rings. The summed E-state index contributed by atoms with van der Waals surface area (Å²) in [5, 5.41) is 0. The standard InChI is InChI=1S/C10H13NO2S/c12-9-11-8-7(14-9)1-2-10(8)3-5-13-6-4-10/h1-6H2,(H,11,12). The van der Waals surface area contributed by atoms with Gasteiger partial charge in [0.15, 0.2) is 0 Å². The Morgan fingerprint density at radius 2 is 2.07 bits per heavy atom. The summed E-state index contributed by atoms with van der Waals surface area (Å²) in [5.74, 6) is 0. The summed E-state index contributed by atoms with van der Waals surface area (Å²) in [4.78, 5) is 15.7. The molecule has 1 spiro atoms. The van der Waals surface area contributed by atoms with Crippen LogP contribution in [0, 0.1) is 0 Å². The Balaban J connectivity index is 2.06. The molecular weight excluding hydrogens is 198 g/mol. The fourth-order valence-electron chi connectivity index (χ4n) is 2.70. The van der Waals surface area contributed by atoms with Crippen LogP contribution in [0.2, 0.25) is 0 Å². The number of rotatable bonds is 0. The van der Waals surface area contributed by atoms with E-state index in [-0.39, 0.29) is 10.3 Å². The van der Waals surface area contributed by atoms with Gasteiger partial charge in [-0.2, -0.15) is 0 Å². The maximum atomic E-state index is 11.3. The highest BCUT2D eigenvalue weighted by Crippen LogP contribution is 2.45. The first-order valence-electron chi connectivity index (χ1n) is 5.10. The van der Waals surface area contributed by atoms with E-state index in [1.54, 1.807) is 0 Å². The average molecular weight is 211 g/mol. The summed E-state index contributed by atoms with van der Waals surface area (Å²) >= 11 is 1.39. The highest BCUT2D eigenvalue weighted by atomic mass is 32.1. The van der Waals surface area contributed by atoms with E-state index >= 15 is 0 Å². The van der Waals surface area contributed by atoms with E-state index in [0.29, 0.717) is 0 Å². The van der Waals surface area contributed by atoms with E-state index in [0.717, 1.165) is 32.5 Å². The summed E-state index contributed by atoms with van der Waals surface area (Å²) < 4.78 is 5.39. The van der Waals surface area contributed by atoms with Crippen molar-refractivity contribution < 1.29 is 4.74 Å². The lowest BCUT2D eigenvalue weighted by atomic mass is 9.78. The molecule has 1 aliphatic carbocycles. The van der Waals surface area contributed by atoms with Gasteiger partial charge in [-0.3, -0.25) is 4.79 Å². The Hall–Kier alpha value is -0.610. The zero-order valence-electron chi connectivity index (χ0n) is 7.97. The first-order chi connectivity index (χ1) is 6.80. The van der Waals surface area contributed by atoms with E-state index in [2.05, 4.69) is 4.98 Å². The Morgan fingerprint density at radius 1 is 1.29 bits per heavy atom. The van der Waals surface area contributed by atoms with Gasteiger partial charge in [0.05, 0.1) is 0 Å². The van der Waals surface area contributed by atoms with Crippen molar-refractivity contribution in [3.8, 4) is 0 Å². The molecule has 2 aliphatic rings. The van der Waals surface area contributed by atoms with Gasteiger partial charge in [-0.05, 0) is 25.7 Å². The van der Waals surface area contributed by atoms with Crippen LogP contribution in [0.15, 0.2) is 4.79 Å². The SMILES string of the molecule is O=c1[nH]c2c(s1)CCC21CCOCC1. The van der Waals surface area contributed by atoms with Gasteiger partial charge in [0, 0.05) is 29.2 Å². The van der Waals surface area contributed by atoms with E-state index < -0.39 is 0 Å². The molecule has 0 unspecified atom stereocenters. The highest BCUT2D eigenvalue weighted by molar-refractivity contribution is 7.09. The topological polar surface area (TPSA) is 42.1 Å². The van der Waals surface area contributed by atoms with Gasteiger partial charge in [0.1, 0.15) is 0 Å². The summed E-state index contributed by atoms with van der Waals surface area (Å²) in [5.41, 5.74) is 1.49. The number of aromatic amines is 1. The number of hydrogen-bond donors (Lipinski definition) is 1. The smallest absolute Gasteiger partial charge is 0.304 e. The molecule has 1 saturated heterocycles. The molecule has 1 N–H and O–H groups in total. The summed E-state index contributed by atoms with van der Waals surface area (Å²) in [7, 11) is 0. The van der Waals surface area contributed by atoms with Gasteiger partial charge in [-0.1, -0.05) is 11.3 Å². The summed E-state index contributed by atoms with van der Waals surface area (Å²) in [6, 6.07) is 0. The van der Waals surface area contributed by atoms with Crippen molar-refractivity contribution in [3.05, 3.63) is 20.2 Å². The van der Waals surface area contributed by atoms with Crippen molar-refractivity contribution in [1.82, 2.24) is 4.98 Å². The Morgan fingerprint density at radius 3 is 2.86 bits per heavy atom. The third-order valence-electron chi connectivity index (χ3n) is 3.53. The van der Waals surface area contributed by atoms with Crippen molar-refractivity contribution in [1.29, 1.82) is 0 Å². The van der Waals surface area contributed by atoms with Gasteiger partial charge >= 0.3 is 4.87 Å². The highest BCUT2D eigenvalue weighted by Gasteiger charge is 2.41. The first kappa shape index (κ1) is 8.68. The van der Waals surface area contributed by atoms with Crippen molar-refractivity contribution in [2.24, 2.45) is 0 Å². The molecule has 1 aromatic heterocycles. The molecule has 0 bridgehead atoms. The van der Waals surface area contributed by atoms with Gasteiger partial charge in [-0.15, -0.1) is 0 Å². The van der Waals surface area contributed by atoms with Crippen LogP contribution >= 0.6 is 11.3 Å². The van der Waals surface area contributed by atoms with Crippen LogP contribution < -0.4 is 4.87 Å². The molecule has 3 nitrogen and oxygen atoms in total. The second-order valence-corrected chi connectivity index (χ2v) is 5.27. The molecule has 76 valence electrons. The predicted molar refractivity (Wildman–Crippen MR) is 55.0 cm³/mol. The first-order valence-corrected chi connectivity index (χ1v) is 5.92. The zero-order chi connectivity index (χ0) is 9.60. The number of hydrogen-bond acceptors (Lipinski definition) is 3. The zero-order valence-corrected chi connectivity index (χ0v) is 8.78. The molecule has 2 heterocycles. The van der Waals surface area contributed by atoms with Crippen LogP contribution in [-0.2, 0) is 16.6 Å². The molecule has 0 atom stereocenters. The van der Waals surface area contributed by atoms with Crippen LogP contribution in [0.1, 0.15) is 29.8 Å². The van der Waals surface area contributed by atoms with Crippen LogP contribution in [0.4, 0.5) is 0 Å². The summed E-state index contributed by atoms with van der Waals surface area (Å²) in [6.45, 7) is 1.69. The van der Waals surface area contributed by atoms with Crippen molar-refractivity contribution in [2.45, 2.75) is 31.1 Å². The maximum Gasteiger partial charge on any atom is 0.304 e. The molecule has 1 aliphatic heterocycles. The third-order valence-corrected chi connectivity index (χ3v) is 4.47. The Labute approximate surface area is 86.1 Å². The van der Waals surface area contributed by atoms with Crippen LogP contribution in [-0.4, -0.2) is 18.2 Å². The monoisotopic (exact) mass is 211 g/mol. The molecule has 1 aromatic rings. The number of aryl methyl sites for hydroxylation is 1. The number of aromatic nitrogens is 1. The third kappa shape index (κ3) is 1.10. The van der Waals surface area contributed by atoms with Crippen molar-refractivity contribution in [3.63, 3.8) is 0 Å². The van der Waals surface area contributed by atoms with Gasteiger partial charge in [0.25, 0.3) is 0 Å².